The van der Waals surface area contributed by atoms with E-state index in [0.717, 1.165) is 32.1 Å². The number of amides is 1. The van der Waals surface area contributed by atoms with Crippen LogP contribution in [0.4, 0.5) is 0 Å². The quantitative estimate of drug-likeness (QED) is 0.548. The van der Waals surface area contributed by atoms with Crippen LogP contribution in [0, 0.1) is 28.6 Å². The van der Waals surface area contributed by atoms with E-state index in [1.165, 1.54) is 0 Å². The van der Waals surface area contributed by atoms with Crippen LogP contribution >= 0.6 is 0 Å². The highest BCUT2D eigenvalue weighted by atomic mass is 16.4. The number of hydrogen-bond donors (Lipinski definition) is 1. The molecule has 3 saturated carbocycles. The summed E-state index contributed by atoms with van der Waals surface area (Å²) < 4.78 is 0. The molecule has 4 aliphatic rings. The third-order valence-electron chi connectivity index (χ3n) is 8.26. The van der Waals surface area contributed by atoms with Crippen molar-refractivity contribution >= 4 is 17.4 Å². The Morgan fingerprint density at radius 3 is 2.58 bits per heavy atom. The second-order valence-corrected chi connectivity index (χ2v) is 9.02. The molecule has 1 amide bonds. The van der Waals surface area contributed by atoms with Crippen LogP contribution in [-0.2, 0) is 9.59 Å². The average molecular weight is 332 g/mol. The molecule has 0 aromatic carbocycles. The Hall–Kier alpha value is -1.39. The Labute approximate surface area is 143 Å². The molecule has 24 heavy (non-hydrogen) atoms. The number of piperidine rings is 1. The summed E-state index contributed by atoms with van der Waals surface area (Å²) in [4.78, 5) is 26.8. The van der Waals surface area contributed by atoms with Gasteiger partial charge in [0.1, 0.15) is 5.71 Å². The molecule has 1 heterocycles. The molecule has 0 aromatic heterocycles. The van der Waals surface area contributed by atoms with E-state index in [2.05, 4.69) is 19.0 Å². The molecular weight excluding hydrogens is 304 g/mol. The van der Waals surface area contributed by atoms with E-state index in [-0.39, 0.29) is 22.5 Å². The van der Waals surface area contributed by atoms with E-state index >= 15 is 0 Å². The first-order valence-corrected chi connectivity index (χ1v) is 9.34. The lowest BCUT2D eigenvalue weighted by Crippen LogP contribution is -2.61. The third kappa shape index (κ3) is 1.84. The molecule has 1 saturated heterocycles. The predicted molar refractivity (Wildman–Crippen MR) is 89.8 cm³/mol. The molecule has 1 N–H and O–H groups in total. The zero-order valence-corrected chi connectivity index (χ0v) is 14.9. The zero-order valence-electron chi connectivity index (χ0n) is 14.9. The average Bonchev–Trinajstić information content (AvgIpc) is 2.83. The second-order valence-electron chi connectivity index (χ2n) is 9.02. The van der Waals surface area contributed by atoms with Crippen molar-refractivity contribution in [2.75, 3.05) is 7.05 Å². The van der Waals surface area contributed by atoms with Gasteiger partial charge in [-0.3, -0.25) is 9.59 Å². The van der Waals surface area contributed by atoms with Gasteiger partial charge in [-0.2, -0.15) is 0 Å². The van der Waals surface area contributed by atoms with Crippen LogP contribution in [0.5, 0.6) is 0 Å². The van der Waals surface area contributed by atoms with Gasteiger partial charge in [0.2, 0.25) is 5.91 Å². The molecule has 3 aliphatic carbocycles. The van der Waals surface area contributed by atoms with E-state index in [4.69, 9.17) is 0 Å². The van der Waals surface area contributed by atoms with Crippen molar-refractivity contribution in [2.24, 2.45) is 33.7 Å². The van der Waals surface area contributed by atoms with Crippen LogP contribution < -0.4 is 0 Å². The minimum Gasteiger partial charge on any atom is -0.411 e. The normalized spacial score (nSPS) is 49.8. The number of likely N-dealkylation sites (tertiary alicyclic amines) is 1. The lowest BCUT2D eigenvalue weighted by atomic mass is 9.47. The first-order chi connectivity index (χ1) is 11.3. The van der Waals surface area contributed by atoms with E-state index in [0.29, 0.717) is 42.3 Å². The topological polar surface area (TPSA) is 70.0 Å². The van der Waals surface area contributed by atoms with Gasteiger partial charge in [-0.05, 0) is 55.3 Å². The number of nitrogens with zero attached hydrogens (tertiary/aromatic N) is 2. The van der Waals surface area contributed by atoms with Gasteiger partial charge in [-0.1, -0.05) is 19.0 Å². The minimum absolute atomic E-state index is 0.0664. The summed E-state index contributed by atoms with van der Waals surface area (Å²) in [5.74, 6) is 1.72. The van der Waals surface area contributed by atoms with Gasteiger partial charge in [-0.15, -0.1) is 0 Å². The third-order valence-corrected chi connectivity index (χ3v) is 8.26. The molecule has 1 aliphatic heterocycles. The molecule has 132 valence electrons. The van der Waals surface area contributed by atoms with Crippen molar-refractivity contribution in [1.82, 2.24) is 4.90 Å². The van der Waals surface area contributed by atoms with Crippen molar-refractivity contribution in [2.45, 2.75) is 64.8 Å². The maximum absolute atomic E-state index is 12.7. The molecule has 0 spiro atoms. The Bertz CT molecular complexity index is 630. The monoisotopic (exact) mass is 332 g/mol. The number of carbonyl (C=O) groups excluding carboxylic acids is 2. The second kappa shape index (κ2) is 5.06. The molecule has 5 nitrogen and oxygen atoms in total. The summed E-state index contributed by atoms with van der Waals surface area (Å²) in [6.45, 7) is 4.46. The molecule has 4 rings (SSSR count). The summed E-state index contributed by atoms with van der Waals surface area (Å²) in [5.41, 5.74) is 0.198. The molecular formula is C19H28N2O3. The van der Waals surface area contributed by atoms with Crippen molar-refractivity contribution in [3.63, 3.8) is 0 Å². The zero-order chi connectivity index (χ0) is 17.3. The van der Waals surface area contributed by atoms with Gasteiger partial charge in [0.05, 0.1) is 0 Å². The van der Waals surface area contributed by atoms with E-state index in [1.807, 2.05) is 11.9 Å². The summed E-state index contributed by atoms with van der Waals surface area (Å²) in [7, 11) is 1.97. The SMILES string of the molecule is CN1C(=O)CC[C@]2(C)C3CC[C@]4(C)C(=O)/C(=N\O)CC4C3CCC12. The first kappa shape index (κ1) is 16.1. The summed E-state index contributed by atoms with van der Waals surface area (Å²) >= 11 is 0. The predicted octanol–water partition coefficient (Wildman–Crippen LogP) is 2.86. The molecule has 6 atom stereocenters. The highest BCUT2D eigenvalue weighted by molar-refractivity contribution is 6.43. The standard InChI is InChI=1S/C19H28N2O3/c1-18-9-7-16(22)21(3)15(18)5-4-11-12(18)6-8-19(2)13(11)10-14(20-24)17(19)23/h11-13,15,24H,4-10H2,1-3H3/b20-14-/t11?,12?,13?,15?,18-,19+/m1/s1. The molecule has 0 radical (unpaired) electrons. The van der Waals surface area contributed by atoms with Gasteiger partial charge in [-0.25, -0.2) is 0 Å². The fourth-order valence-corrected chi connectivity index (χ4v) is 6.85. The highest BCUT2D eigenvalue weighted by Crippen LogP contribution is 2.63. The van der Waals surface area contributed by atoms with E-state index in [1.54, 1.807) is 0 Å². The number of hydrogen-bond acceptors (Lipinski definition) is 4. The minimum atomic E-state index is -0.345. The van der Waals surface area contributed by atoms with Crippen LogP contribution in [-0.4, -0.2) is 40.6 Å². The van der Waals surface area contributed by atoms with Gasteiger partial charge in [0.15, 0.2) is 5.78 Å². The first-order valence-electron chi connectivity index (χ1n) is 9.34. The summed E-state index contributed by atoms with van der Waals surface area (Å²) in [5, 5.41) is 12.5. The van der Waals surface area contributed by atoms with Gasteiger partial charge in [0, 0.05) is 31.3 Å². The number of oxime groups is 1. The van der Waals surface area contributed by atoms with Crippen molar-refractivity contribution < 1.29 is 14.8 Å². The van der Waals surface area contributed by atoms with Crippen molar-refractivity contribution in [1.29, 1.82) is 0 Å². The number of rotatable bonds is 0. The number of ketones is 1. The van der Waals surface area contributed by atoms with Crippen LogP contribution in [0.2, 0.25) is 0 Å². The Balaban J connectivity index is 1.68. The number of fused-ring (bicyclic) bond motifs is 5. The molecule has 4 unspecified atom stereocenters. The van der Waals surface area contributed by atoms with Crippen LogP contribution in [0.1, 0.15) is 58.8 Å². The van der Waals surface area contributed by atoms with E-state index < -0.39 is 0 Å². The summed E-state index contributed by atoms with van der Waals surface area (Å²) in [6.07, 6.45) is 6.30. The van der Waals surface area contributed by atoms with Gasteiger partial charge >= 0.3 is 0 Å². The fourth-order valence-electron chi connectivity index (χ4n) is 6.85. The highest BCUT2D eigenvalue weighted by Gasteiger charge is 2.62. The fraction of sp³-hybridized carbons (Fsp3) is 0.842. The number of carbonyl (C=O) groups is 2. The smallest absolute Gasteiger partial charge is 0.222 e. The Morgan fingerprint density at radius 1 is 1.12 bits per heavy atom. The molecule has 0 bridgehead atoms. The van der Waals surface area contributed by atoms with Gasteiger partial charge < -0.3 is 10.1 Å². The molecule has 4 fully saturated rings. The Kier molecular flexibility index (Phi) is 3.39. The maximum atomic E-state index is 12.7. The van der Waals surface area contributed by atoms with Crippen LogP contribution in [0.25, 0.3) is 0 Å². The molecule has 5 heteroatoms. The lowest BCUT2D eigenvalue weighted by Gasteiger charge is -2.60. The largest absolute Gasteiger partial charge is 0.411 e. The van der Waals surface area contributed by atoms with E-state index in [9.17, 15) is 14.8 Å². The Morgan fingerprint density at radius 2 is 1.88 bits per heavy atom. The lowest BCUT2D eigenvalue weighted by molar-refractivity contribution is -0.158. The molecule has 0 aromatic rings. The van der Waals surface area contributed by atoms with Crippen molar-refractivity contribution in [3.8, 4) is 0 Å². The van der Waals surface area contributed by atoms with Gasteiger partial charge in [0.25, 0.3) is 0 Å². The number of Topliss-reactive ketones (excluding diaryl/α,β-unsaturated/α-hetero) is 1. The van der Waals surface area contributed by atoms with Crippen LogP contribution in [0.15, 0.2) is 5.16 Å². The maximum Gasteiger partial charge on any atom is 0.222 e. The summed E-state index contributed by atoms with van der Waals surface area (Å²) in [6, 6.07) is 0.340. The van der Waals surface area contributed by atoms with Crippen LogP contribution in [0.3, 0.4) is 0 Å². The van der Waals surface area contributed by atoms with Crippen molar-refractivity contribution in [3.05, 3.63) is 0 Å².